The quantitative estimate of drug-likeness (QED) is 0.746. The summed E-state index contributed by atoms with van der Waals surface area (Å²) in [7, 11) is 1.96. The second-order valence-electron chi connectivity index (χ2n) is 4.03. The maximum Gasteiger partial charge on any atom is 0.307 e. The molecule has 0 saturated heterocycles. The minimum absolute atomic E-state index is 0.161. The average molecular weight is 335 g/mol. The highest BCUT2D eigenvalue weighted by molar-refractivity contribution is 9.10. The van der Waals surface area contributed by atoms with Crippen LogP contribution in [0.1, 0.15) is 18.9 Å². The molecule has 0 atom stereocenters. The van der Waals surface area contributed by atoms with Crippen LogP contribution in [-0.4, -0.2) is 31.1 Å². The standard InChI is InChI=1S/C13H17BrClNO2/c1-3-18-13(17)6-7-16(2)9-10-4-5-11(14)8-12(10)15/h4-5,8H,3,6-7,9H2,1-2H3. The Bertz CT molecular complexity index is 412. The fraction of sp³-hybridized carbons (Fsp3) is 0.462. The van der Waals surface area contributed by atoms with Crippen molar-refractivity contribution in [1.29, 1.82) is 0 Å². The monoisotopic (exact) mass is 333 g/mol. The van der Waals surface area contributed by atoms with E-state index in [1.54, 1.807) is 0 Å². The predicted octanol–water partition coefficient (Wildman–Crippen LogP) is 3.49. The van der Waals surface area contributed by atoms with Crippen molar-refractivity contribution in [2.75, 3.05) is 20.2 Å². The molecule has 1 rings (SSSR count). The van der Waals surface area contributed by atoms with Crippen LogP contribution in [0.5, 0.6) is 0 Å². The van der Waals surface area contributed by atoms with Crippen LogP contribution in [0, 0.1) is 0 Å². The van der Waals surface area contributed by atoms with Gasteiger partial charge < -0.3 is 9.64 Å². The summed E-state index contributed by atoms with van der Waals surface area (Å²) in [5, 5.41) is 0.729. The van der Waals surface area contributed by atoms with Crippen LogP contribution in [0.2, 0.25) is 5.02 Å². The Hall–Kier alpha value is -0.580. The van der Waals surface area contributed by atoms with Gasteiger partial charge in [-0.2, -0.15) is 0 Å². The van der Waals surface area contributed by atoms with Crippen molar-refractivity contribution in [3.05, 3.63) is 33.3 Å². The van der Waals surface area contributed by atoms with Gasteiger partial charge in [0.05, 0.1) is 13.0 Å². The van der Waals surface area contributed by atoms with E-state index >= 15 is 0 Å². The highest BCUT2D eigenvalue weighted by atomic mass is 79.9. The number of benzene rings is 1. The van der Waals surface area contributed by atoms with Crippen molar-refractivity contribution in [3.63, 3.8) is 0 Å². The molecular weight excluding hydrogens is 318 g/mol. The van der Waals surface area contributed by atoms with Gasteiger partial charge in [-0.3, -0.25) is 4.79 Å². The van der Waals surface area contributed by atoms with Crippen LogP contribution in [0.4, 0.5) is 0 Å². The Morgan fingerprint density at radius 2 is 2.22 bits per heavy atom. The van der Waals surface area contributed by atoms with Gasteiger partial charge >= 0.3 is 5.97 Å². The Kier molecular flexibility index (Phi) is 6.68. The number of carbonyl (C=O) groups is 1. The molecule has 18 heavy (non-hydrogen) atoms. The van der Waals surface area contributed by atoms with Gasteiger partial charge in [0.2, 0.25) is 0 Å². The van der Waals surface area contributed by atoms with Crippen molar-refractivity contribution in [3.8, 4) is 0 Å². The molecule has 0 bridgehead atoms. The summed E-state index contributed by atoms with van der Waals surface area (Å²) in [6, 6.07) is 5.81. The van der Waals surface area contributed by atoms with Crippen LogP contribution in [0.3, 0.4) is 0 Å². The second kappa shape index (κ2) is 7.77. The molecule has 0 saturated carbocycles. The molecular formula is C13H17BrClNO2. The zero-order valence-electron chi connectivity index (χ0n) is 10.6. The van der Waals surface area contributed by atoms with E-state index in [4.69, 9.17) is 16.3 Å². The Balaban J connectivity index is 2.44. The predicted molar refractivity (Wildman–Crippen MR) is 76.7 cm³/mol. The highest BCUT2D eigenvalue weighted by Gasteiger charge is 2.08. The van der Waals surface area contributed by atoms with Gasteiger partial charge in [-0.05, 0) is 31.7 Å². The molecule has 0 unspecified atom stereocenters. The minimum atomic E-state index is -0.161. The Morgan fingerprint density at radius 1 is 1.50 bits per heavy atom. The molecule has 0 amide bonds. The largest absolute Gasteiger partial charge is 0.466 e. The zero-order chi connectivity index (χ0) is 13.5. The van der Waals surface area contributed by atoms with Crippen LogP contribution in [-0.2, 0) is 16.1 Å². The lowest BCUT2D eigenvalue weighted by Gasteiger charge is -2.17. The molecule has 0 radical (unpaired) electrons. The zero-order valence-corrected chi connectivity index (χ0v) is 12.9. The molecule has 0 heterocycles. The van der Waals surface area contributed by atoms with Gasteiger partial charge in [-0.15, -0.1) is 0 Å². The average Bonchev–Trinajstić information content (AvgIpc) is 2.31. The van der Waals surface area contributed by atoms with Crippen LogP contribution < -0.4 is 0 Å². The molecule has 0 spiro atoms. The van der Waals surface area contributed by atoms with Gasteiger partial charge in [-0.1, -0.05) is 33.6 Å². The third-order valence-corrected chi connectivity index (χ3v) is 3.30. The van der Waals surface area contributed by atoms with Gasteiger partial charge in [0, 0.05) is 22.6 Å². The summed E-state index contributed by atoms with van der Waals surface area (Å²) in [4.78, 5) is 13.3. The van der Waals surface area contributed by atoms with E-state index in [9.17, 15) is 4.79 Å². The van der Waals surface area contributed by atoms with Gasteiger partial charge in [0.25, 0.3) is 0 Å². The first kappa shape index (κ1) is 15.5. The molecule has 5 heteroatoms. The van der Waals surface area contributed by atoms with Crippen molar-refractivity contribution < 1.29 is 9.53 Å². The van der Waals surface area contributed by atoms with E-state index < -0.39 is 0 Å². The molecule has 1 aromatic carbocycles. The third-order valence-electron chi connectivity index (χ3n) is 2.46. The fourth-order valence-corrected chi connectivity index (χ4v) is 2.27. The lowest BCUT2D eigenvalue weighted by Crippen LogP contribution is -2.22. The molecule has 100 valence electrons. The maximum atomic E-state index is 11.2. The summed E-state index contributed by atoms with van der Waals surface area (Å²) >= 11 is 9.51. The van der Waals surface area contributed by atoms with Gasteiger partial charge in [0.1, 0.15) is 0 Å². The lowest BCUT2D eigenvalue weighted by atomic mass is 10.2. The first-order valence-electron chi connectivity index (χ1n) is 5.81. The second-order valence-corrected chi connectivity index (χ2v) is 5.35. The number of halogens is 2. The molecule has 0 aliphatic rings. The summed E-state index contributed by atoms with van der Waals surface area (Å²) in [6.07, 6.45) is 0.401. The molecule has 0 aromatic heterocycles. The number of esters is 1. The smallest absolute Gasteiger partial charge is 0.307 e. The van der Waals surface area contributed by atoms with Gasteiger partial charge in [0.15, 0.2) is 0 Å². The van der Waals surface area contributed by atoms with E-state index in [1.165, 1.54) is 0 Å². The number of rotatable bonds is 6. The van der Waals surface area contributed by atoms with Crippen molar-refractivity contribution in [2.45, 2.75) is 19.9 Å². The van der Waals surface area contributed by atoms with E-state index in [0.717, 1.165) is 15.1 Å². The SMILES string of the molecule is CCOC(=O)CCN(C)Cc1ccc(Br)cc1Cl. The van der Waals surface area contributed by atoms with Crippen molar-refractivity contribution in [2.24, 2.45) is 0 Å². The lowest BCUT2D eigenvalue weighted by molar-refractivity contribution is -0.143. The number of ether oxygens (including phenoxy) is 1. The fourth-order valence-electron chi connectivity index (χ4n) is 1.54. The molecule has 0 aliphatic heterocycles. The Labute approximate surface area is 121 Å². The topological polar surface area (TPSA) is 29.5 Å². The van der Waals surface area contributed by atoms with Crippen molar-refractivity contribution in [1.82, 2.24) is 4.90 Å². The van der Waals surface area contributed by atoms with E-state index in [1.807, 2.05) is 37.1 Å². The van der Waals surface area contributed by atoms with Gasteiger partial charge in [-0.25, -0.2) is 0 Å². The summed E-state index contributed by atoms with van der Waals surface area (Å²) < 4.78 is 5.85. The molecule has 1 aromatic rings. The molecule has 0 N–H and O–H groups in total. The maximum absolute atomic E-state index is 11.2. The normalized spacial score (nSPS) is 10.7. The highest BCUT2D eigenvalue weighted by Crippen LogP contribution is 2.22. The van der Waals surface area contributed by atoms with Crippen LogP contribution in [0.15, 0.2) is 22.7 Å². The van der Waals surface area contributed by atoms with Crippen molar-refractivity contribution >= 4 is 33.5 Å². The summed E-state index contributed by atoms with van der Waals surface area (Å²) in [5.74, 6) is -0.161. The first-order valence-corrected chi connectivity index (χ1v) is 6.98. The first-order chi connectivity index (χ1) is 8.52. The number of hydrogen-bond donors (Lipinski definition) is 0. The van der Waals surface area contributed by atoms with Crippen LogP contribution in [0.25, 0.3) is 0 Å². The number of hydrogen-bond acceptors (Lipinski definition) is 3. The summed E-state index contributed by atoms with van der Waals surface area (Å²) in [5.41, 5.74) is 1.05. The van der Waals surface area contributed by atoms with E-state index in [-0.39, 0.29) is 5.97 Å². The van der Waals surface area contributed by atoms with Crippen LogP contribution >= 0.6 is 27.5 Å². The number of carbonyl (C=O) groups excluding carboxylic acids is 1. The summed E-state index contributed by atoms with van der Waals surface area (Å²) in [6.45, 7) is 3.61. The molecule has 0 aliphatic carbocycles. The van der Waals surface area contributed by atoms with E-state index in [2.05, 4.69) is 15.9 Å². The Morgan fingerprint density at radius 3 is 2.83 bits per heavy atom. The minimum Gasteiger partial charge on any atom is -0.466 e. The molecule has 3 nitrogen and oxygen atoms in total. The third kappa shape index (κ3) is 5.38. The van der Waals surface area contributed by atoms with E-state index in [0.29, 0.717) is 26.1 Å². The molecule has 0 fully saturated rings. The number of nitrogens with zero attached hydrogens (tertiary/aromatic N) is 1.